The third kappa shape index (κ3) is 3.98. The lowest BCUT2D eigenvalue weighted by atomic mass is 10.1. The Morgan fingerprint density at radius 2 is 1.88 bits per heavy atom. The number of amidine groups is 1. The van der Waals surface area contributed by atoms with E-state index in [0.717, 1.165) is 19.3 Å². The van der Waals surface area contributed by atoms with Gasteiger partial charge in [0, 0.05) is 18.7 Å². The molecule has 25 heavy (non-hydrogen) atoms. The summed E-state index contributed by atoms with van der Waals surface area (Å²) >= 11 is 0. The van der Waals surface area contributed by atoms with E-state index in [2.05, 4.69) is 9.71 Å². The molecule has 1 amide bonds. The van der Waals surface area contributed by atoms with Crippen molar-refractivity contribution in [3.05, 3.63) is 29.8 Å². The van der Waals surface area contributed by atoms with Gasteiger partial charge in [0.15, 0.2) is 6.61 Å². The van der Waals surface area contributed by atoms with Crippen LogP contribution in [0.3, 0.4) is 0 Å². The maximum atomic E-state index is 11.9. The van der Waals surface area contributed by atoms with Gasteiger partial charge in [0.2, 0.25) is 0 Å². The van der Waals surface area contributed by atoms with Gasteiger partial charge < -0.3 is 9.64 Å². The van der Waals surface area contributed by atoms with E-state index in [-0.39, 0.29) is 29.8 Å². The van der Waals surface area contributed by atoms with E-state index >= 15 is 0 Å². The number of hydrogen-bond acceptors (Lipinski definition) is 6. The van der Waals surface area contributed by atoms with E-state index in [9.17, 15) is 18.0 Å². The largest absolute Gasteiger partial charge is 0.454 e. The van der Waals surface area contributed by atoms with Crippen LogP contribution in [0.15, 0.2) is 34.2 Å². The number of benzene rings is 1. The molecule has 1 N–H and O–H groups in total. The fourth-order valence-corrected chi connectivity index (χ4v) is 4.07. The molecule has 0 radical (unpaired) electrons. The lowest BCUT2D eigenvalue weighted by Gasteiger charge is -2.26. The predicted octanol–water partition coefficient (Wildman–Crippen LogP) is 0.281. The molecule has 3 rings (SSSR count). The lowest BCUT2D eigenvalue weighted by Crippen LogP contribution is -2.38. The van der Waals surface area contributed by atoms with Crippen molar-refractivity contribution in [3.63, 3.8) is 0 Å². The smallest absolute Gasteiger partial charge is 0.328 e. The van der Waals surface area contributed by atoms with E-state index in [0.29, 0.717) is 18.7 Å². The summed E-state index contributed by atoms with van der Waals surface area (Å²) in [4.78, 5) is 29.5. The Balaban J connectivity index is 1.56. The molecule has 0 aromatic heterocycles. The van der Waals surface area contributed by atoms with Gasteiger partial charge in [-0.05, 0) is 31.4 Å². The van der Waals surface area contributed by atoms with Gasteiger partial charge in [-0.15, -0.1) is 0 Å². The molecule has 1 aromatic carbocycles. The summed E-state index contributed by atoms with van der Waals surface area (Å²) in [5.74, 6) is -0.788. The van der Waals surface area contributed by atoms with Crippen LogP contribution in [-0.2, 0) is 24.3 Å². The van der Waals surface area contributed by atoms with Crippen molar-refractivity contribution in [2.45, 2.75) is 24.2 Å². The number of fused-ring (bicyclic) bond motifs is 1. The minimum Gasteiger partial charge on any atom is -0.454 e. The number of esters is 1. The highest BCUT2D eigenvalue weighted by atomic mass is 32.2. The topological polar surface area (TPSA) is 105 Å². The van der Waals surface area contributed by atoms with Crippen molar-refractivity contribution < 1.29 is 22.7 Å². The van der Waals surface area contributed by atoms with E-state index in [1.165, 1.54) is 6.07 Å². The number of sulfonamides is 1. The van der Waals surface area contributed by atoms with Crippen molar-refractivity contribution in [1.29, 1.82) is 0 Å². The van der Waals surface area contributed by atoms with E-state index < -0.39 is 16.0 Å². The van der Waals surface area contributed by atoms with E-state index in [4.69, 9.17) is 4.74 Å². The standard InChI is InChI=1S/C16H19N3O5S/c20-14(19-8-4-1-5-9-19)11-24-15(21)10-17-16-12-6-2-3-7-13(12)25(22,23)18-16/h2-3,6-7H,1,4-5,8-11H2,(H,17,18). The van der Waals surface area contributed by atoms with Crippen LogP contribution in [0.25, 0.3) is 0 Å². The van der Waals surface area contributed by atoms with Crippen molar-refractivity contribution in [3.8, 4) is 0 Å². The van der Waals surface area contributed by atoms with Crippen molar-refractivity contribution in [1.82, 2.24) is 9.62 Å². The minimum atomic E-state index is -3.64. The molecule has 2 aliphatic heterocycles. The first-order valence-corrected chi connectivity index (χ1v) is 9.56. The molecule has 0 aliphatic carbocycles. The fourth-order valence-electron chi connectivity index (χ4n) is 2.82. The molecule has 0 atom stereocenters. The number of carbonyl (C=O) groups excluding carboxylic acids is 2. The normalized spacial score (nSPS) is 20.0. The molecule has 134 valence electrons. The van der Waals surface area contributed by atoms with Gasteiger partial charge in [-0.1, -0.05) is 12.1 Å². The van der Waals surface area contributed by atoms with Crippen LogP contribution in [0, 0.1) is 0 Å². The number of aliphatic imine (C=N–C) groups is 1. The zero-order chi connectivity index (χ0) is 17.9. The van der Waals surface area contributed by atoms with Gasteiger partial charge in [0.1, 0.15) is 12.4 Å². The molecule has 1 fully saturated rings. The first-order valence-electron chi connectivity index (χ1n) is 8.07. The average molecular weight is 365 g/mol. The molecule has 0 unspecified atom stereocenters. The van der Waals surface area contributed by atoms with E-state index in [1.807, 2.05) is 0 Å². The van der Waals surface area contributed by atoms with Crippen LogP contribution in [0.2, 0.25) is 0 Å². The van der Waals surface area contributed by atoms with Crippen molar-refractivity contribution in [2.75, 3.05) is 26.2 Å². The van der Waals surface area contributed by atoms with Crippen molar-refractivity contribution >= 4 is 27.7 Å². The van der Waals surface area contributed by atoms with Gasteiger partial charge in [-0.2, -0.15) is 0 Å². The molecule has 1 saturated heterocycles. The van der Waals surface area contributed by atoms with Crippen LogP contribution in [-0.4, -0.2) is 57.3 Å². The molecule has 2 aliphatic rings. The highest BCUT2D eigenvalue weighted by Crippen LogP contribution is 2.22. The Morgan fingerprint density at radius 1 is 1.16 bits per heavy atom. The van der Waals surface area contributed by atoms with Crippen LogP contribution in [0.4, 0.5) is 0 Å². The van der Waals surface area contributed by atoms with Crippen LogP contribution >= 0.6 is 0 Å². The zero-order valence-corrected chi connectivity index (χ0v) is 14.4. The first kappa shape index (κ1) is 17.4. The number of nitrogens with zero attached hydrogens (tertiary/aromatic N) is 2. The summed E-state index contributed by atoms with van der Waals surface area (Å²) in [5, 5.41) is 0. The molecule has 2 heterocycles. The van der Waals surface area contributed by atoms with Crippen LogP contribution in [0.5, 0.6) is 0 Å². The molecule has 8 nitrogen and oxygen atoms in total. The number of ether oxygens (including phenoxy) is 1. The second-order valence-electron chi connectivity index (χ2n) is 5.87. The first-order chi connectivity index (χ1) is 12.0. The second kappa shape index (κ2) is 7.22. The maximum Gasteiger partial charge on any atom is 0.328 e. The Bertz CT molecular complexity index is 813. The SMILES string of the molecule is O=C(CN=C1NS(=O)(=O)c2ccccc21)OCC(=O)N1CCCCC1. The minimum absolute atomic E-state index is 0.106. The van der Waals surface area contributed by atoms with Crippen LogP contribution in [0.1, 0.15) is 24.8 Å². The highest BCUT2D eigenvalue weighted by molar-refractivity contribution is 7.90. The number of hydrogen-bond donors (Lipinski definition) is 1. The number of carbonyl (C=O) groups is 2. The monoisotopic (exact) mass is 365 g/mol. The fraction of sp³-hybridized carbons (Fsp3) is 0.438. The Kier molecular flexibility index (Phi) is 5.03. The molecule has 0 bridgehead atoms. The molecule has 0 saturated carbocycles. The quantitative estimate of drug-likeness (QED) is 0.772. The molecular weight excluding hydrogens is 346 g/mol. The second-order valence-corrected chi connectivity index (χ2v) is 7.52. The van der Waals surface area contributed by atoms with Gasteiger partial charge in [-0.3, -0.25) is 19.3 Å². The summed E-state index contributed by atoms with van der Waals surface area (Å²) < 4.78 is 31.1. The summed E-state index contributed by atoms with van der Waals surface area (Å²) in [7, 11) is -3.64. The number of likely N-dealkylation sites (tertiary alicyclic amines) is 1. The molecule has 0 spiro atoms. The van der Waals surface area contributed by atoms with Gasteiger partial charge in [0.05, 0.1) is 4.90 Å². The number of nitrogens with one attached hydrogen (secondary N) is 1. The summed E-state index contributed by atoms with van der Waals surface area (Å²) in [6.45, 7) is 0.708. The maximum absolute atomic E-state index is 11.9. The molecule has 1 aromatic rings. The summed E-state index contributed by atoms with van der Waals surface area (Å²) in [5.41, 5.74) is 0.416. The average Bonchev–Trinajstić information content (AvgIpc) is 2.89. The van der Waals surface area contributed by atoms with Gasteiger partial charge >= 0.3 is 5.97 Å². The molecule has 9 heteroatoms. The zero-order valence-electron chi connectivity index (χ0n) is 13.6. The van der Waals surface area contributed by atoms with Gasteiger partial charge in [-0.25, -0.2) is 8.42 Å². The predicted molar refractivity (Wildman–Crippen MR) is 89.6 cm³/mol. The number of amides is 1. The Labute approximate surface area is 145 Å². The summed E-state index contributed by atoms with van der Waals surface area (Å²) in [6, 6.07) is 6.38. The lowest BCUT2D eigenvalue weighted by molar-refractivity contribution is -0.151. The number of rotatable bonds is 4. The van der Waals surface area contributed by atoms with E-state index in [1.54, 1.807) is 23.1 Å². The van der Waals surface area contributed by atoms with Crippen LogP contribution < -0.4 is 4.72 Å². The third-order valence-electron chi connectivity index (χ3n) is 4.09. The summed E-state index contributed by atoms with van der Waals surface area (Å²) in [6.07, 6.45) is 3.04. The third-order valence-corrected chi connectivity index (χ3v) is 5.49. The molecular formula is C16H19N3O5S. The Morgan fingerprint density at radius 3 is 2.64 bits per heavy atom. The highest BCUT2D eigenvalue weighted by Gasteiger charge is 2.30. The number of piperidine rings is 1. The van der Waals surface area contributed by atoms with Crippen molar-refractivity contribution in [2.24, 2.45) is 4.99 Å². The van der Waals surface area contributed by atoms with Gasteiger partial charge in [0.25, 0.3) is 15.9 Å². The Hall–Kier alpha value is -2.42.